The highest BCUT2D eigenvalue weighted by Gasteiger charge is 2.35. The first kappa shape index (κ1) is 39.9. The Balaban J connectivity index is 1.48. The number of esters is 2. The van der Waals surface area contributed by atoms with Crippen molar-refractivity contribution in [2.24, 2.45) is 0 Å². The van der Waals surface area contributed by atoms with E-state index in [0.29, 0.717) is 65.7 Å². The summed E-state index contributed by atoms with van der Waals surface area (Å²) in [6.45, 7) is 5.71. The number of allylic oxidation sites excluding steroid dienone is 2. The number of hydrogen-bond donors (Lipinski definition) is 2. The van der Waals surface area contributed by atoms with E-state index in [9.17, 15) is 29.4 Å². The summed E-state index contributed by atoms with van der Waals surface area (Å²) < 4.78 is 21.3. The van der Waals surface area contributed by atoms with Gasteiger partial charge in [-0.2, -0.15) is 0 Å². The Hall–Kier alpha value is -2.88. The topological polar surface area (TPSA) is 152 Å². The van der Waals surface area contributed by atoms with Crippen LogP contribution < -0.4 is 0 Å². The van der Waals surface area contributed by atoms with Crippen LogP contribution in [-0.2, 0) is 38.1 Å². The fraction of sp³-hybridized carbons (Fsp3) is 0.412. The van der Waals surface area contributed by atoms with Crippen LogP contribution in [0.1, 0.15) is 24.0 Å². The second kappa shape index (κ2) is 19.7. The van der Waals surface area contributed by atoms with Gasteiger partial charge in [-0.25, -0.2) is 9.59 Å². The van der Waals surface area contributed by atoms with Crippen molar-refractivity contribution in [1.29, 1.82) is 0 Å². The Bertz CT molecular complexity index is 1490. The molecule has 2 aromatic carbocycles. The van der Waals surface area contributed by atoms with Crippen LogP contribution in [0.2, 0.25) is 20.1 Å². The number of carbonyl (C=O) groups excluding carboxylic acids is 4. The fourth-order valence-electron chi connectivity index (χ4n) is 4.86. The monoisotopic (exact) mass is 772 g/mol. The van der Waals surface area contributed by atoms with Gasteiger partial charge in [0.2, 0.25) is 0 Å². The van der Waals surface area contributed by atoms with Crippen LogP contribution in [0.3, 0.4) is 0 Å². The highest BCUT2D eigenvalue weighted by molar-refractivity contribution is 6.42. The van der Waals surface area contributed by atoms with E-state index < -0.39 is 35.7 Å². The molecule has 270 valence electrons. The minimum Gasteiger partial charge on any atom is -0.424 e. The number of nitrogens with zero attached hydrogens (tertiary/aromatic N) is 2. The van der Waals surface area contributed by atoms with Crippen LogP contribution in [0.15, 0.2) is 48.6 Å². The van der Waals surface area contributed by atoms with Crippen LogP contribution in [0.25, 0.3) is 11.5 Å². The highest BCUT2D eigenvalue weighted by atomic mass is 35.5. The standard InChI is InChI=1S/C34H36Cl4N2O10/c35-25-3-1-21(17-27(25)37)29(19-23(41)5-7-39-9-13-47-14-10-39)49-33(45)31(43)32(44)34(46)50-30(22-2-4-26(36)28(38)18-22)20-24(42)6-8-40-11-15-48-16-12-40/h1-4,17-20,31-32,43-44H,5-16H2/b29-19-,30-20-. The molecule has 2 aliphatic heterocycles. The van der Waals surface area contributed by atoms with Gasteiger partial charge in [0, 0.05) is 75.4 Å². The molecule has 0 aliphatic carbocycles. The SMILES string of the molecule is O=C(/C=C(\OC(=O)C(O)C(O)C(=O)O/C(=C\C(=O)CCN1CCOCC1)c1ccc(Cl)c(Cl)c1)c1ccc(Cl)c(Cl)c1)CCN1CCOCC1. The molecule has 0 aromatic heterocycles. The van der Waals surface area contributed by atoms with Gasteiger partial charge >= 0.3 is 11.9 Å². The summed E-state index contributed by atoms with van der Waals surface area (Å²) in [7, 11) is 0. The molecule has 0 amide bonds. The third-order valence-corrected chi connectivity index (χ3v) is 9.23. The van der Waals surface area contributed by atoms with Crippen molar-refractivity contribution in [3.05, 3.63) is 79.8 Å². The molecule has 50 heavy (non-hydrogen) atoms. The van der Waals surface area contributed by atoms with Crippen molar-refractivity contribution in [2.45, 2.75) is 25.0 Å². The molecule has 4 rings (SSSR count). The summed E-state index contributed by atoms with van der Waals surface area (Å²) in [5.41, 5.74) is 0.328. The lowest BCUT2D eigenvalue weighted by atomic mass is 10.1. The van der Waals surface area contributed by atoms with E-state index in [1.54, 1.807) is 0 Å². The predicted octanol–water partition coefficient (Wildman–Crippen LogP) is 4.07. The van der Waals surface area contributed by atoms with Gasteiger partial charge in [0.25, 0.3) is 0 Å². The summed E-state index contributed by atoms with van der Waals surface area (Å²) in [4.78, 5) is 56.1. The number of morpholine rings is 2. The number of rotatable bonds is 15. The van der Waals surface area contributed by atoms with E-state index in [2.05, 4.69) is 0 Å². The zero-order valence-corrected chi connectivity index (χ0v) is 29.8. The first-order valence-corrected chi connectivity index (χ1v) is 17.2. The molecule has 0 spiro atoms. The van der Waals surface area contributed by atoms with Crippen molar-refractivity contribution >= 4 is 81.4 Å². The Labute approximate surface area is 309 Å². The lowest BCUT2D eigenvalue weighted by Crippen LogP contribution is -2.41. The minimum atomic E-state index is -2.47. The van der Waals surface area contributed by atoms with Crippen molar-refractivity contribution in [3.8, 4) is 0 Å². The van der Waals surface area contributed by atoms with E-state index in [1.165, 1.54) is 36.4 Å². The van der Waals surface area contributed by atoms with Gasteiger partial charge in [-0.15, -0.1) is 0 Å². The van der Waals surface area contributed by atoms with E-state index in [0.717, 1.165) is 12.2 Å². The molecule has 2 aliphatic rings. The third kappa shape index (κ3) is 12.1. The highest BCUT2D eigenvalue weighted by Crippen LogP contribution is 2.29. The molecule has 2 atom stereocenters. The molecule has 0 saturated carbocycles. The fourth-order valence-corrected chi connectivity index (χ4v) is 5.46. The predicted molar refractivity (Wildman–Crippen MR) is 187 cm³/mol. The number of aliphatic hydroxyl groups excluding tert-OH is 2. The second-order valence-corrected chi connectivity index (χ2v) is 13.0. The summed E-state index contributed by atoms with van der Waals surface area (Å²) in [6.07, 6.45) is -2.66. The Morgan fingerprint density at radius 2 is 1.00 bits per heavy atom. The molecule has 2 aromatic rings. The zero-order valence-electron chi connectivity index (χ0n) is 26.8. The normalized spacial score (nSPS) is 17.6. The quantitative estimate of drug-likeness (QED) is 0.153. The number of benzene rings is 2. The number of carbonyl (C=O) groups is 4. The van der Waals surface area contributed by atoms with Gasteiger partial charge in [0.15, 0.2) is 23.8 Å². The number of ketones is 2. The molecule has 2 fully saturated rings. The summed E-state index contributed by atoms with van der Waals surface area (Å²) in [6, 6.07) is 8.40. The molecule has 16 heteroatoms. The van der Waals surface area contributed by atoms with Crippen LogP contribution >= 0.6 is 46.4 Å². The van der Waals surface area contributed by atoms with Gasteiger partial charge in [-0.3, -0.25) is 19.4 Å². The summed E-state index contributed by atoms with van der Waals surface area (Å²) >= 11 is 24.4. The van der Waals surface area contributed by atoms with Crippen LogP contribution in [0.4, 0.5) is 0 Å². The molecule has 0 radical (unpaired) electrons. The van der Waals surface area contributed by atoms with E-state index in [1.807, 2.05) is 9.80 Å². The van der Waals surface area contributed by atoms with Gasteiger partial charge in [-0.05, 0) is 36.4 Å². The van der Waals surface area contributed by atoms with Crippen LogP contribution in [0.5, 0.6) is 0 Å². The second-order valence-electron chi connectivity index (χ2n) is 11.3. The molecular formula is C34H36Cl4N2O10. The first-order chi connectivity index (χ1) is 23.9. The average Bonchev–Trinajstić information content (AvgIpc) is 3.11. The lowest BCUT2D eigenvalue weighted by Gasteiger charge is -2.26. The van der Waals surface area contributed by atoms with E-state index >= 15 is 0 Å². The molecule has 0 bridgehead atoms. The third-order valence-electron chi connectivity index (χ3n) is 7.75. The van der Waals surface area contributed by atoms with Crippen molar-refractivity contribution < 1.29 is 48.3 Å². The lowest BCUT2D eigenvalue weighted by molar-refractivity contribution is -0.165. The molecule has 2 N–H and O–H groups in total. The van der Waals surface area contributed by atoms with Gasteiger partial charge < -0.3 is 29.2 Å². The van der Waals surface area contributed by atoms with Gasteiger partial charge in [0.05, 0.1) is 46.5 Å². The van der Waals surface area contributed by atoms with Crippen molar-refractivity contribution in [2.75, 3.05) is 65.7 Å². The minimum absolute atomic E-state index is 0.0782. The average molecular weight is 774 g/mol. The van der Waals surface area contributed by atoms with E-state index in [-0.39, 0.29) is 55.6 Å². The smallest absolute Gasteiger partial charge is 0.343 e. The molecule has 2 saturated heterocycles. The molecule has 12 nitrogen and oxygen atoms in total. The number of halogens is 4. The Kier molecular flexibility index (Phi) is 15.7. The van der Waals surface area contributed by atoms with Crippen LogP contribution in [0, 0.1) is 0 Å². The molecule has 2 unspecified atom stereocenters. The maximum Gasteiger partial charge on any atom is 0.343 e. The van der Waals surface area contributed by atoms with Gasteiger partial charge in [-0.1, -0.05) is 46.4 Å². The number of aliphatic hydroxyl groups is 2. The summed E-state index contributed by atoms with van der Waals surface area (Å²) in [5, 5.41) is 22.0. The van der Waals surface area contributed by atoms with Crippen LogP contribution in [-0.4, -0.2) is 121 Å². The number of ether oxygens (including phenoxy) is 4. The Morgan fingerprint density at radius 1 is 0.640 bits per heavy atom. The van der Waals surface area contributed by atoms with Crippen molar-refractivity contribution in [1.82, 2.24) is 9.80 Å². The maximum absolute atomic E-state index is 13.1. The number of hydrogen-bond acceptors (Lipinski definition) is 12. The van der Waals surface area contributed by atoms with Crippen molar-refractivity contribution in [3.63, 3.8) is 0 Å². The maximum atomic E-state index is 13.1. The largest absolute Gasteiger partial charge is 0.424 e. The van der Waals surface area contributed by atoms with E-state index in [4.69, 9.17) is 65.4 Å². The summed E-state index contributed by atoms with van der Waals surface area (Å²) in [5.74, 6) is -4.38. The zero-order chi connectivity index (χ0) is 36.2. The first-order valence-electron chi connectivity index (χ1n) is 15.7. The molecular weight excluding hydrogens is 738 g/mol. The molecule has 2 heterocycles. The Morgan fingerprint density at radius 3 is 1.34 bits per heavy atom. The van der Waals surface area contributed by atoms with Gasteiger partial charge in [0.1, 0.15) is 11.5 Å².